The van der Waals surface area contributed by atoms with Gasteiger partial charge in [-0.05, 0) is 78.8 Å². The van der Waals surface area contributed by atoms with Crippen molar-refractivity contribution in [3.8, 4) is 11.1 Å². The van der Waals surface area contributed by atoms with Crippen LogP contribution < -0.4 is 0 Å². The van der Waals surface area contributed by atoms with E-state index in [4.69, 9.17) is 0 Å². The summed E-state index contributed by atoms with van der Waals surface area (Å²) in [6, 6.07) is 31.5. The first kappa shape index (κ1) is 24.5. The highest BCUT2D eigenvalue weighted by Crippen LogP contribution is 2.52. The summed E-state index contributed by atoms with van der Waals surface area (Å²) in [5, 5.41) is 7.95. The van der Waals surface area contributed by atoms with E-state index in [9.17, 15) is 0 Å². The van der Waals surface area contributed by atoms with Gasteiger partial charge >= 0.3 is 0 Å². The third-order valence-corrected chi connectivity index (χ3v) is 6.39. The van der Waals surface area contributed by atoms with Gasteiger partial charge in [0.2, 0.25) is 0 Å². The molecule has 0 bridgehead atoms. The molecule has 0 N–H and O–H groups in total. The maximum Gasteiger partial charge on any atom is 0.0159 e. The van der Waals surface area contributed by atoms with Crippen LogP contribution in [0.4, 0.5) is 0 Å². The molecule has 5 aromatic carbocycles. The Morgan fingerprint density at radius 3 is 1.52 bits per heavy atom. The zero-order valence-electron chi connectivity index (χ0n) is 21.6. The smallest absolute Gasteiger partial charge is 0.0159 e. The monoisotopic (exact) mass is 434 g/mol. The van der Waals surface area contributed by atoms with Gasteiger partial charge in [-0.25, -0.2) is 0 Å². The highest BCUT2D eigenvalue weighted by atomic mass is 14.4. The van der Waals surface area contributed by atoms with E-state index >= 15 is 0 Å². The second kappa shape index (κ2) is 10.2. The molecule has 6 rings (SSSR count). The van der Waals surface area contributed by atoms with Crippen molar-refractivity contribution in [2.45, 2.75) is 60.8 Å². The highest BCUT2D eigenvalue weighted by molar-refractivity contribution is 6.09. The van der Waals surface area contributed by atoms with Crippen LogP contribution in [0.15, 0.2) is 84.9 Å². The first-order chi connectivity index (χ1) is 16.1. The lowest BCUT2D eigenvalue weighted by molar-refractivity contribution is 0.661. The average Bonchev–Trinajstić information content (AvgIpc) is 3.11. The molecule has 0 heteroatoms. The van der Waals surface area contributed by atoms with Gasteiger partial charge < -0.3 is 0 Å². The van der Waals surface area contributed by atoms with E-state index in [0.717, 1.165) is 0 Å². The standard InChI is InChI=1S/C27H20.3C2H6/c1-27(2)24-12-11-21-13-17-7-3-4-8-18(17)14-22(21)26(24)23-15-19-9-5-6-10-20(19)16-25(23)27;3*1-2/h3-16H,1-2H3;3*1-2H3. The average molecular weight is 435 g/mol. The molecule has 0 spiro atoms. The third kappa shape index (κ3) is 4.04. The molecule has 1 aliphatic rings. The van der Waals surface area contributed by atoms with E-state index in [1.165, 1.54) is 54.6 Å². The Morgan fingerprint density at radius 1 is 0.455 bits per heavy atom. The normalized spacial score (nSPS) is 12.5. The topological polar surface area (TPSA) is 0 Å². The van der Waals surface area contributed by atoms with Gasteiger partial charge in [0.25, 0.3) is 0 Å². The zero-order chi connectivity index (χ0) is 24.2. The lowest BCUT2D eigenvalue weighted by atomic mass is 9.81. The molecule has 0 nitrogen and oxygen atoms in total. The second-order valence-electron chi connectivity index (χ2n) is 8.28. The molecule has 0 amide bonds. The van der Waals surface area contributed by atoms with Crippen molar-refractivity contribution in [3.63, 3.8) is 0 Å². The van der Waals surface area contributed by atoms with Gasteiger partial charge in [-0.3, -0.25) is 0 Å². The molecule has 0 saturated carbocycles. The summed E-state index contributed by atoms with van der Waals surface area (Å²) in [6.45, 7) is 16.7. The lowest BCUT2D eigenvalue weighted by Crippen LogP contribution is -2.14. The molecular formula is C33H38. The van der Waals surface area contributed by atoms with Gasteiger partial charge in [-0.1, -0.05) is 116 Å². The molecule has 1 aliphatic carbocycles. The van der Waals surface area contributed by atoms with E-state index in [2.05, 4.69) is 98.8 Å². The van der Waals surface area contributed by atoms with Crippen LogP contribution >= 0.6 is 0 Å². The van der Waals surface area contributed by atoms with Gasteiger partial charge in [0.1, 0.15) is 0 Å². The van der Waals surface area contributed by atoms with Crippen LogP contribution in [0.5, 0.6) is 0 Å². The zero-order valence-corrected chi connectivity index (χ0v) is 21.6. The Morgan fingerprint density at radius 2 is 0.939 bits per heavy atom. The molecule has 0 fully saturated rings. The van der Waals surface area contributed by atoms with Crippen molar-refractivity contribution in [3.05, 3.63) is 96.1 Å². The fraction of sp³-hybridized carbons (Fsp3) is 0.273. The van der Waals surface area contributed by atoms with Crippen molar-refractivity contribution in [2.24, 2.45) is 0 Å². The minimum Gasteiger partial charge on any atom is -0.0683 e. The van der Waals surface area contributed by atoms with Gasteiger partial charge in [-0.15, -0.1) is 0 Å². The Labute approximate surface area is 200 Å². The van der Waals surface area contributed by atoms with Crippen molar-refractivity contribution in [1.29, 1.82) is 0 Å². The van der Waals surface area contributed by atoms with Crippen LogP contribution in [0.1, 0.15) is 66.5 Å². The molecule has 0 aliphatic heterocycles. The fourth-order valence-electron chi connectivity index (χ4n) is 4.93. The Kier molecular flexibility index (Phi) is 7.59. The van der Waals surface area contributed by atoms with Crippen LogP contribution in [-0.2, 0) is 5.41 Å². The molecule has 0 saturated heterocycles. The molecule has 0 unspecified atom stereocenters. The van der Waals surface area contributed by atoms with E-state index < -0.39 is 0 Å². The summed E-state index contributed by atoms with van der Waals surface area (Å²) in [5.74, 6) is 0. The molecule has 0 aromatic heterocycles. The number of hydrogen-bond acceptors (Lipinski definition) is 0. The minimum atomic E-state index is 0.0224. The third-order valence-electron chi connectivity index (χ3n) is 6.39. The van der Waals surface area contributed by atoms with Crippen LogP contribution in [-0.4, -0.2) is 0 Å². The summed E-state index contributed by atoms with van der Waals surface area (Å²) in [7, 11) is 0. The van der Waals surface area contributed by atoms with Crippen molar-refractivity contribution in [1.82, 2.24) is 0 Å². The van der Waals surface area contributed by atoms with Crippen LogP contribution in [0.2, 0.25) is 0 Å². The Hall–Kier alpha value is -3.12. The van der Waals surface area contributed by atoms with E-state index in [1.807, 2.05) is 41.5 Å². The fourth-order valence-corrected chi connectivity index (χ4v) is 4.93. The lowest BCUT2D eigenvalue weighted by Gasteiger charge is -2.22. The predicted octanol–water partition coefficient (Wildman–Crippen LogP) is 10.5. The molecule has 0 atom stereocenters. The van der Waals surface area contributed by atoms with E-state index in [0.29, 0.717) is 0 Å². The summed E-state index contributed by atoms with van der Waals surface area (Å²) in [5.41, 5.74) is 5.72. The molecular weight excluding hydrogens is 396 g/mol. The highest BCUT2D eigenvalue weighted by Gasteiger charge is 2.36. The van der Waals surface area contributed by atoms with Crippen LogP contribution in [0.25, 0.3) is 43.4 Å². The van der Waals surface area contributed by atoms with Gasteiger partial charge in [-0.2, -0.15) is 0 Å². The predicted molar refractivity (Wildman–Crippen MR) is 151 cm³/mol. The van der Waals surface area contributed by atoms with Crippen LogP contribution in [0.3, 0.4) is 0 Å². The maximum atomic E-state index is 2.40. The first-order valence-corrected chi connectivity index (χ1v) is 12.6. The van der Waals surface area contributed by atoms with Crippen LogP contribution in [0, 0.1) is 0 Å². The maximum absolute atomic E-state index is 2.40. The summed E-state index contributed by atoms with van der Waals surface area (Å²) in [6.07, 6.45) is 0. The second-order valence-corrected chi connectivity index (χ2v) is 8.28. The van der Waals surface area contributed by atoms with E-state index in [-0.39, 0.29) is 5.41 Å². The Balaban J connectivity index is 0.000000475. The quantitative estimate of drug-likeness (QED) is 0.213. The molecule has 170 valence electrons. The number of fused-ring (bicyclic) bond motifs is 7. The molecule has 0 heterocycles. The van der Waals surface area contributed by atoms with Gasteiger partial charge in [0.15, 0.2) is 0 Å². The number of benzene rings is 5. The first-order valence-electron chi connectivity index (χ1n) is 12.6. The summed E-state index contributed by atoms with van der Waals surface area (Å²) in [4.78, 5) is 0. The number of rotatable bonds is 0. The van der Waals surface area contributed by atoms with Crippen molar-refractivity contribution >= 4 is 32.3 Å². The van der Waals surface area contributed by atoms with Crippen molar-refractivity contribution in [2.75, 3.05) is 0 Å². The Bertz CT molecular complexity index is 1390. The summed E-state index contributed by atoms with van der Waals surface area (Å²) >= 11 is 0. The largest absolute Gasteiger partial charge is 0.0683 e. The molecule has 5 aromatic rings. The SMILES string of the molecule is CC.CC.CC.CC1(C)c2cc3ccccc3cc2-c2c1ccc1cc3ccccc3cc21. The number of hydrogen-bond donors (Lipinski definition) is 0. The molecule has 33 heavy (non-hydrogen) atoms. The summed E-state index contributed by atoms with van der Waals surface area (Å²) < 4.78 is 0. The van der Waals surface area contributed by atoms with Gasteiger partial charge in [0.05, 0.1) is 0 Å². The van der Waals surface area contributed by atoms with E-state index in [1.54, 1.807) is 0 Å². The molecule has 0 radical (unpaired) electrons. The van der Waals surface area contributed by atoms with Crippen molar-refractivity contribution < 1.29 is 0 Å². The minimum absolute atomic E-state index is 0.0224. The van der Waals surface area contributed by atoms with Gasteiger partial charge in [0, 0.05) is 5.41 Å².